The van der Waals surface area contributed by atoms with E-state index < -0.39 is 17.8 Å². The van der Waals surface area contributed by atoms with Crippen LogP contribution in [0.15, 0.2) is 66.7 Å². The number of anilines is 1. The van der Waals surface area contributed by atoms with Crippen LogP contribution in [0.2, 0.25) is 0 Å². The van der Waals surface area contributed by atoms with Gasteiger partial charge in [0.05, 0.1) is 18.2 Å². The molecule has 5 rings (SSSR count). The molecule has 3 aromatic carbocycles. The highest BCUT2D eigenvalue weighted by Gasteiger charge is 2.36. The van der Waals surface area contributed by atoms with Crippen molar-refractivity contribution in [3.8, 4) is 5.75 Å². The number of fused-ring (bicyclic) bond motifs is 2. The largest absolute Gasteiger partial charge is 0.480 e. The van der Waals surface area contributed by atoms with E-state index in [4.69, 9.17) is 4.74 Å². The Bertz CT molecular complexity index is 1240. The third-order valence-electron chi connectivity index (χ3n) is 6.69. The van der Waals surface area contributed by atoms with E-state index in [-0.39, 0.29) is 17.5 Å². The van der Waals surface area contributed by atoms with Gasteiger partial charge in [-0.25, -0.2) is 4.39 Å². The summed E-state index contributed by atoms with van der Waals surface area (Å²) in [7, 11) is 0. The third-order valence-corrected chi connectivity index (χ3v) is 6.69. The lowest BCUT2D eigenvalue weighted by Crippen LogP contribution is -2.42. The molecule has 0 aromatic heterocycles. The maximum atomic E-state index is 14.0. The predicted octanol–water partition coefficient (Wildman–Crippen LogP) is 5.66. The fourth-order valence-corrected chi connectivity index (χ4v) is 4.96. The molecule has 34 heavy (non-hydrogen) atoms. The standard InChI is InChI=1S/C28H27FN2O3/c1-2-25-28(33)31(24-13-7-9-18-8-3-4-10-21(18)24)17-19-16-20(14-15-26(19)34-25)30-27(32)22-11-5-6-12-23(22)29/h3-6,8,10-12,14-16,24-25H,2,7,9,13,17H2,1H3,(H,30,32)/t24-,25+/m1/s1. The molecular formula is C28H27FN2O3. The van der Waals surface area contributed by atoms with Crippen LogP contribution >= 0.6 is 0 Å². The number of hydrogen-bond donors (Lipinski definition) is 1. The number of rotatable bonds is 4. The molecule has 0 spiro atoms. The molecule has 6 heteroatoms. The van der Waals surface area contributed by atoms with E-state index >= 15 is 0 Å². The Morgan fingerprint density at radius 1 is 1.09 bits per heavy atom. The zero-order valence-electron chi connectivity index (χ0n) is 19.1. The number of benzene rings is 3. The molecule has 2 atom stereocenters. The lowest BCUT2D eigenvalue weighted by molar-refractivity contribution is -0.141. The monoisotopic (exact) mass is 458 g/mol. The van der Waals surface area contributed by atoms with Crippen molar-refractivity contribution in [1.82, 2.24) is 4.90 Å². The molecule has 0 fully saturated rings. The van der Waals surface area contributed by atoms with Crippen LogP contribution < -0.4 is 10.1 Å². The minimum Gasteiger partial charge on any atom is -0.480 e. The number of carbonyl (C=O) groups excluding carboxylic acids is 2. The minimum absolute atomic E-state index is 0.0160. The van der Waals surface area contributed by atoms with Crippen molar-refractivity contribution >= 4 is 17.5 Å². The second-order valence-electron chi connectivity index (χ2n) is 8.84. The molecular weight excluding hydrogens is 431 g/mol. The van der Waals surface area contributed by atoms with Gasteiger partial charge in [0, 0.05) is 11.3 Å². The second kappa shape index (κ2) is 9.29. The van der Waals surface area contributed by atoms with E-state index in [1.54, 1.807) is 24.3 Å². The highest BCUT2D eigenvalue weighted by molar-refractivity contribution is 6.04. The number of nitrogens with zero attached hydrogens (tertiary/aromatic N) is 1. The number of carbonyl (C=O) groups is 2. The molecule has 1 N–H and O–H groups in total. The lowest BCUT2D eigenvalue weighted by atomic mass is 9.86. The van der Waals surface area contributed by atoms with Crippen LogP contribution in [0, 0.1) is 5.82 Å². The van der Waals surface area contributed by atoms with Crippen LogP contribution in [0.25, 0.3) is 0 Å². The van der Waals surface area contributed by atoms with E-state index in [0.717, 1.165) is 24.8 Å². The Morgan fingerprint density at radius 3 is 2.71 bits per heavy atom. The maximum Gasteiger partial charge on any atom is 0.264 e. The zero-order chi connectivity index (χ0) is 23.7. The smallest absolute Gasteiger partial charge is 0.264 e. The second-order valence-corrected chi connectivity index (χ2v) is 8.84. The van der Waals surface area contributed by atoms with Gasteiger partial charge in [-0.05, 0) is 67.1 Å². The van der Waals surface area contributed by atoms with Crippen LogP contribution in [0.4, 0.5) is 10.1 Å². The van der Waals surface area contributed by atoms with Gasteiger partial charge in [0.25, 0.3) is 11.8 Å². The predicted molar refractivity (Wildman–Crippen MR) is 128 cm³/mol. The van der Waals surface area contributed by atoms with Gasteiger partial charge in [0.2, 0.25) is 0 Å². The highest BCUT2D eigenvalue weighted by atomic mass is 19.1. The Morgan fingerprint density at radius 2 is 1.88 bits per heavy atom. The van der Waals surface area contributed by atoms with Crippen molar-refractivity contribution in [2.24, 2.45) is 0 Å². The van der Waals surface area contributed by atoms with Crippen molar-refractivity contribution in [3.63, 3.8) is 0 Å². The van der Waals surface area contributed by atoms with Gasteiger partial charge in [0.15, 0.2) is 6.10 Å². The molecule has 0 saturated heterocycles. The van der Waals surface area contributed by atoms with Gasteiger partial charge in [-0.1, -0.05) is 43.3 Å². The third kappa shape index (κ3) is 4.16. The summed E-state index contributed by atoms with van der Waals surface area (Å²) in [6, 6.07) is 19.5. The first-order valence-corrected chi connectivity index (χ1v) is 11.8. The quantitative estimate of drug-likeness (QED) is 0.549. The first-order chi connectivity index (χ1) is 16.5. The maximum absolute atomic E-state index is 14.0. The summed E-state index contributed by atoms with van der Waals surface area (Å²) in [5, 5.41) is 2.78. The van der Waals surface area contributed by atoms with Gasteiger partial charge in [0.1, 0.15) is 11.6 Å². The van der Waals surface area contributed by atoms with Crippen molar-refractivity contribution < 1.29 is 18.7 Å². The van der Waals surface area contributed by atoms with Gasteiger partial charge < -0.3 is 15.0 Å². The molecule has 1 aliphatic heterocycles. The van der Waals surface area contributed by atoms with Crippen molar-refractivity contribution in [2.45, 2.75) is 51.3 Å². The first kappa shape index (κ1) is 22.1. The summed E-state index contributed by atoms with van der Waals surface area (Å²) >= 11 is 0. The highest BCUT2D eigenvalue weighted by Crippen LogP contribution is 2.39. The molecule has 0 saturated carbocycles. The van der Waals surface area contributed by atoms with Crippen LogP contribution in [-0.4, -0.2) is 22.8 Å². The topological polar surface area (TPSA) is 58.6 Å². The molecule has 2 aliphatic rings. The van der Waals surface area contributed by atoms with Crippen LogP contribution in [0.3, 0.4) is 0 Å². The number of nitrogens with one attached hydrogen (secondary N) is 1. The van der Waals surface area contributed by atoms with E-state index in [2.05, 4.69) is 17.4 Å². The summed E-state index contributed by atoms with van der Waals surface area (Å²) in [5.41, 5.74) is 3.82. The molecule has 1 aliphatic carbocycles. The summed E-state index contributed by atoms with van der Waals surface area (Å²) in [6.45, 7) is 2.33. The SMILES string of the molecule is CC[C@@H]1Oc2ccc(NC(=O)c3ccccc3F)cc2CN([C@@H]2CCCc3ccccc32)C1=O. The molecule has 0 unspecified atom stereocenters. The number of hydrogen-bond acceptors (Lipinski definition) is 3. The Hall–Kier alpha value is -3.67. The summed E-state index contributed by atoms with van der Waals surface area (Å²) in [6.07, 6.45) is 2.95. The van der Waals surface area contributed by atoms with Crippen molar-refractivity contribution in [3.05, 3.63) is 94.8 Å². The molecule has 1 heterocycles. The lowest BCUT2D eigenvalue weighted by Gasteiger charge is -2.36. The van der Waals surface area contributed by atoms with Gasteiger partial charge in [-0.3, -0.25) is 9.59 Å². The van der Waals surface area contributed by atoms with E-state index in [1.807, 2.05) is 30.0 Å². The Balaban J connectivity index is 1.47. The molecule has 0 radical (unpaired) electrons. The normalized spacial score (nSPS) is 19.5. The molecule has 0 bridgehead atoms. The number of aryl methyl sites for hydroxylation is 1. The number of amides is 2. The van der Waals surface area contributed by atoms with Gasteiger partial charge >= 0.3 is 0 Å². The van der Waals surface area contributed by atoms with E-state index in [0.29, 0.717) is 24.4 Å². The molecule has 174 valence electrons. The van der Waals surface area contributed by atoms with Crippen LogP contribution in [0.5, 0.6) is 5.75 Å². The van der Waals surface area contributed by atoms with Crippen molar-refractivity contribution in [1.29, 1.82) is 0 Å². The average Bonchev–Trinajstić information content (AvgIpc) is 2.99. The minimum atomic E-state index is -0.573. The fraction of sp³-hybridized carbons (Fsp3) is 0.286. The fourth-order valence-electron chi connectivity index (χ4n) is 4.96. The Labute approximate surface area is 198 Å². The average molecular weight is 459 g/mol. The van der Waals surface area contributed by atoms with Gasteiger partial charge in [-0.15, -0.1) is 0 Å². The molecule has 2 amide bonds. The number of halogens is 1. The summed E-state index contributed by atoms with van der Waals surface area (Å²) in [5.74, 6) is -0.474. The number of ether oxygens (including phenoxy) is 1. The Kier molecular flexibility index (Phi) is 6.05. The first-order valence-electron chi connectivity index (χ1n) is 11.8. The van der Waals surface area contributed by atoms with Crippen molar-refractivity contribution in [2.75, 3.05) is 5.32 Å². The van der Waals surface area contributed by atoms with Gasteiger partial charge in [-0.2, -0.15) is 0 Å². The summed E-state index contributed by atoms with van der Waals surface area (Å²) < 4.78 is 20.2. The van der Waals surface area contributed by atoms with E-state index in [1.165, 1.54) is 23.3 Å². The molecule has 3 aromatic rings. The molecule has 5 nitrogen and oxygen atoms in total. The summed E-state index contributed by atoms with van der Waals surface area (Å²) in [4.78, 5) is 28.1. The zero-order valence-corrected chi connectivity index (χ0v) is 19.1. The van der Waals surface area contributed by atoms with E-state index in [9.17, 15) is 14.0 Å². The van der Waals surface area contributed by atoms with Crippen LogP contribution in [0.1, 0.15) is 59.3 Å². The van der Waals surface area contributed by atoms with Crippen LogP contribution in [-0.2, 0) is 17.8 Å².